The predicted octanol–water partition coefficient (Wildman–Crippen LogP) is 2.79. The highest BCUT2D eigenvalue weighted by Crippen LogP contribution is 2.28. The van der Waals surface area contributed by atoms with Gasteiger partial charge < -0.3 is 24.8 Å². The van der Waals surface area contributed by atoms with Gasteiger partial charge in [-0.25, -0.2) is 18.0 Å². The number of aliphatic hydroxyl groups excluding tert-OH is 1. The molecular formula is C22H23Cl2F3N2O9S. The molecule has 1 aliphatic heterocycles. The SMILES string of the molecule is O=C(O)C(=O)O.O=S(=O)(c1ccc(OC(F)(F)F)cc1)N1CCN(CC(O)COc2cc(Cl)ccc2Cl)CC1. The van der Waals surface area contributed by atoms with Gasteiger partial charge in [0, 0.05) is 43.8 Å². The second kappa shape index (κ2) is 14.0. The number of benzene rings is 2. The summed E-state index contributed by atoms with van der Waals surface area (Å²) in [6, 6.07) is 8.81. The van der Waals surface area contributed by atoms with Crippen molar-refractivity contribution in [2.24, 2.45) is 0 Å². The van der Waals surface area contributed by atoms with Gasteiger partial charge in [0.05, 0.1) is 9.92 Å². The summed E-state index contributed by atoms with van der Waals surface area (Å²) in [6.07, 6.45) is -5.70. The molecule has 3 N–H and O–H groups in total. The number of ether oxygens (including phenoxy) is 2. The fraction of sp³-hybridized carbons (Fsp3) is 0.364. The lowest BCUT2D eigenvalue weighted by Gasteiger charge is -2.34. The Hall–Kier alpha value is -2.82. The summed E-state index contributed by atoms with van der Waals surface area (Å²) in [5, 5.41) is 25.9. The van der Waals surface area contributed by atoms with Crippen molar-refractivity contribution >= 4 is 45.2 Å². The summed E-state index contributed by atoms with van der Waals surface area (Å²) in [4.78, 5) is 20.0. The van der Waals surface area contributed by atoms with E-state index in [-0.39, 0.29) is 31.1 Å². The van der Waals surface area contributed by atoms with Gasteiger partial charge in [0.15, 0.2) is 0 Å². The molecule has 11 nitrogen and oxygen atoms in total. The number of nitrogens with zero attached hydrogens (tertiary/aromatic N) is 2. The van der Waals surface area contributed by atoms with E-state index < -0.39 is 40.2 Å². The highest BCUT2D eigenvalue weighted by molar-refractivity contribution is 7.89. The normalized spacial score (nSPS) is 15.5. The van der Waals surface area contributed by atoms with E-state index in [4.69, 9.17) is 47.7 Å². The van der Waals surface area contributed by atoms with Crippen LogP contribution in [0.1, 0.15) is 0 Å². The number of β-amino-alcohol motifs (C(OH)–C–C–N with tert-alkyl or cyclic N) is 1. The quantitative estimate of drug-likeness (QED) is 0.376. The first-order valence-electron chi connectivity index (χ1n) is 10.9. The highest BCUT2D eigenvalue weighted by Gasteiger charge is 2.32. The van der Waals surface area contributed by atoms with Crippen molar-refractivity contribution in [3.63, 3.8) is 0 Å². The standard InChI is InChI=1S/C20H21Cl2F3N2O5S.C2H2O4/c21-14-1-6-18(22)19(11-14)31-13-15(28)12-26-7-9-27(10-8-26)33(29,30)17-4-2-16(3-5-17)32-20(23,24)25;3-1(4)2(5)6/h1-6,11,15,28H,7-10,12-13H2;(H,3,4)(H,5,6). The third-order valence-corrected chi connectivity index (χ3v) is 7.46. The fourth-order valence-electron chi connectivity index (χ4n) is 3.24. The minimum atomic E-state index is -4.85. The van der Waals surface area contributed by atoms with Gasteiger partial charge in [-0.05, 0) is 36.4 Å². The molecule has 0 spiro atoms. The molecule has 1 saturated heterocycles. The number of hydrogen-bond acceptors (Lipinski definition) is 8. The molecule has 2 aromatic rings. The Balaban J connectivity index is 0.000000798. The molecule has 1 atom stereocenters. The average molecular weight is 619 g/mol. The molecule has 0 saturated carbocycles. The van der Waals surface area contributed by atoms with Crippen LogP contribution in [0, 0.1) is 0 Å². The van der Waals surface area contributed by atoms with E-state index in [0.717, 1.165) is 24.3 Å². The van der Waals surface area contributed by atoms with Crippen molar-refractivity contribution < 1.29 is 56.0 Å². The topological polar surface area (TPSA) is 154 Å². The number of hydrogen-bond donors (Lipinski definition) is 3. The molecule has 2 aromatic carbocycles. The van der Waals surface area contributed by atoms with E-state index in [1.807, 2.05) is 4.90 Å². The molecule has 3 rings (SSSR count). The minimum Gasteiger partial charge on any atom is -0.489 e. The Kier molecular flexibility index (Phi) is 11.6. The smallest absolute Gasteiger partial charge is 0.489 e. The maximum absolute atomic E-state index is 12.8. The second-order valence-electron chi connectivity index (χ2n) is 7.87. The maximum atomic E-state index is 12.8. The van der Waals surface area contributed by atoms with E-state index in [0.29, 0.717) is 28.9 Å². The molecule has 17 heteroatoms. The molecule has 1 aliphatic rings. The number of piperazine rings is 1. The van der Waals surface area contributed by atoms with Crippen LogP contribution < -0.4 is 9.47 Å². The lowest BCUT2D eigenvalue weighted by atomic mass is 10.3. The van der Waals surface area contributed by atoms with Gasteiger partial charge in [-0.1, -0.05) is 23.2 Å². The number of rotatable bonds is 8. The van der Waals surface area contributed by atoms with Crippen LogP contribution in [0.3, 0.4) is 0 Å². The van der Waals surface area contributed by atoms with Crippen LogP contribution in [0.2, 0.25) is 10.0 Å². The van der Waals surface area contributed by atoms with Crippen LogP contribution in [0.25, 0.3) is 0 Å². The minimum absolute atomic E-state index is 0.0229. The Bertz CT molecular complexity index is 1230. The number of sulfonamides is 1. The zero-order valence-electron chi connectivity index (χ0n) is 19.8. The zero-order chi connectivity index (χ0) is 29.4. The Morgan fingerprint density at radius 1 is 0.974 bits per heavy atom. The van der Waals surface area contributed by atoms with E-state index in [1.54, 1.807) is 18.2 Å². The van der Waals surface area contributed by atoms with Crippen LogP contribution in [0.5, 0.6) is 11.5 Å². The summed E-state index contributed by atoms with van der Waals surface area (Å²) in [5.41, 5.74) is 0. The largest absolute Gasteiger partial charge is 0.573 e. The summed E-state index contributed by atoms with van der Waals surface area (Å²) >= 11 is 11.9. The molecule has 0 bridgehead atoms. The van der Waals surface area contributed by atoms with Crippen LogP contribution >= 0.6 is 23.2 Å². The first-order valence-corrected chi connectivity index (χ1v) is 13.1. The molecule has 0 aromatic heterocycles. The van der Waals surface area contributed by atoms with Gasteiger partial charge in [-0.3, -0.25) is 4.90 Å². The number of carboxylic acid groups (broad SMARTS) is 2. The van der Waals surface area contributed by atoms with Gasteiger partial charge in [0.1, 0.15) is 24.2 Å². The molecule has 39 heavy (non-hydrogen) atoms. The number of alkyl halides is 3. The lowest BCUT2D eigenvalue weighted by Crippen LogP contribution is -2.50. The summed E-state index contributed by atoms with van der Waals surface area (Å²) in [7, 11) is -3.87. The Morgan fingerprint density at radius 2 is 1.54 bits per heavy atom. The molecule has 0 aliphatic carbocycles. The van der Waals surface area contributed by atoms with E-state index >= 15 is 0 Å². The van der Waals surface area contributed by atoms with Crippen molar-refractivity contribution in [2.45, 2.75) is 17.4 Å². The van der Waals surface area contributed by atoms with Crippen LogP contribution in [-0.4, -0.2) is 96.7 Å². The lowest BCUT2D eigenvalue weighted by molar-refractivity contribution is -0.274. The monoisotopic (exact) mass is 618 g/mol. The van der Waals surface area contributed by atoms with Crippen LogP contribution in [0.15, 0.2) is 47.4 Å². The fourth-order valence-corrected chi connectivity index (χ4v) is 5.00. The summed E-state index contributed by atoms with van der Waals surface area (Å²) in [5.74, 6) is -3.79. The summed E-state index contributed by atoms with van der Waals surface area (Å²) in [6.45, 7) is 1.29. The van der Waals surface area contributed by atoms with Gasteiger partial charge >= 0.3 is 18.3 Å². The van der Waals surface area contributed by atoms with Gasteiger partial charge in [0.2, 0.25) is 10.0 Å². The molecule has 216 valence electrons. The first-order chi connectivity index (χ1) is 18.1. The molecule has 1 heterocycles. The van der Waals surface area contributed by atoms with Crippen LogP contribution in [-0.2, 0) is 19.6 Å². The molecule has 0 amide bonds. The Labute approximate surface area is 230 Å². The van der Waals surface area contributed by atoms with Gasteiger partial charge in [-0.2, -0.15) is 4.31 Å². The van der Waals surface area contributed by atoms with E-state index in [1.165, 1.54) is 4.31 Å². The van der Waals surface area contributed by atoms with Crippen LogP contribution in [0.4, 0.5) is 13.2 Å². The second-order valence-corrected chi connectivity index (χ2v) is 10.7. The average Bonchev–Trinajstić information content (AvgIpc) is 2.84. The molecular weight excluding hydrogens is 596 g/mol. The number of aliphatic hydroxyl groups is 1. The van der Waals surface area contributed by atoms with E-state index in [9.17, 15) is 26.7 Å². The summed E-state index contributed by atoms with van der Waals surface area (Å²) < 4.78 is 72.9. The van der Waals surface area contributed by atoms with E-state index in [2.05, 4.69) is 4.74 Å². The predicted molar refractivity (Wildman–Crippen MR) is 132 cm³/mol. The van der Waals surface area contributed by atoms with Gasteiger partial charge in [-0.15, -0.1) is 13.2 Å². The van der Waals surface area contributed by atoms with Crippen molar-refractivity contribution in [1.29, 1.82) is 0 Å². The number of halogens is 5. The highest BCUT2D eigenvalue weighted by atomic mass is 35.5. The first kappa shape index (κ1) is 32.4. The molecule has 0 radical (unpaired) electrons. The number of carboxylic acids is 2. The number of aliphatic carboxylic acids is 2. The van der Waals surface area contributed by atoms with Gasteiger partial charge in [0.25, 0.3) is 0 Å². The number of carbonyl (C=O) groups is 2. The Morgan fingerprint density at radius 3 is 2.05 bits per heavy atom. The third-order valence-electron chi connectivity index (χ3n) is 5.00. The van der Waals surface area contributed by atoms with Crippen molar-refractivity contribution in [1.82, 2.24) is 9.21 Å². The zero-order valence-corrected chi connectivity index (χ0v) is 22.2. The van der Waals surface area contributed by atoms with Crippen molar-refractivity contribution in [3.05, 3.63) is 52.5 Å². The maximum Gasteiger partial charge on any atom is 0.573 e. The van der Waals surface area contributed by atoms with Crippen molar-refractivity contribution in [3.8, 4) is 11.5 Å². The molecule has 1 fully saturated rings. The molecule has 1 unspecified atom stereocenters. The third kappa shape index (κ3) is 10.7. The van der Waals surface area contributed by atoms with Crippen molar-refractivity contribution in [2.75, 3.05) is 39.3 Å².